The third-order valence-corrected chi connectivity index (χ3v) is 5.72. The minimum Gasteiger partial charge on any atom is -0.396 e. The van der Waals surface area contributed by atoms with Crippen LogP contribution in [-0.4, -0.2) is 26.3 Å². The van der Waals surface area contributed by atoms with Gasteiger partial charge in [0.1, 0.15) is 5.82 Å². The van der Waals surface area contributed by atoms with Gasteiger partial charge in [-0.2, -0.15) is 9.61 Å². The molecule has 0 saturated heterocycles. The smallest absolute Gasteiger partial charge is 0.171 e. The summed E-state index contributed by atoms with van der Waals surface area (Å²) in [5, 5.41) is 14.1. The van der Waals surface area contributed by atoms with Crippen molar-refractivity contribution in [3.8, 4) is 0 Å². The summed E-state index contributed by atoms with van der Waals surface area (Å²) < 4.78 is 2.57. The first-order valence-electron chi connectivity index (χ1n) is 7.10. The van der Waals surface area contributed by atoms with E-state index in [1.54, 1.807) is 10.7 Å². The minimum absolute atomic E-state index is 0.0314. The van der Waals surface area contributed by atoms with E-state index in [0.29, 0.717) is 5.82 Å². The number of hydrogen-bond donors (Lipinski definition) is 2. The molecule has 0 aromatic carbocycles. The largest absolute Gasteiger partial charge is 0.396 e. The molecule has 1 spiro atoms. The van der Waals surface area contributed by atoms with Gasteiger partial charge in [-0.05, 0) is 41.1 Å². The molecule has 0 radical (unpaired) electrons. The van der Waals surface area contributed by atoms with Gasteiger partial charge in [-0.1, -0.05) is 12.8 Å². The average molecular weight is 337 g/mol. The molecule has 2 aromatic heterocycles. The average Bonchev–Trinajstić information content (AvgIpc) is 3.13. The Morgan fingerprint density at radius 2 is 2.20 bits per heavy atom. The Morgan fingerprint density at radius 3 is 2.90 bits per heavy atom. The van der Waals surface area contributed by atoms with Crippen molar-refractivity contribution in [1.29, 1.82) is 0 Å². The molecule has 2 heterocycles. The van der Waals surface area contributed by atoms with Gasteiger partial charge in [0.25, 0.3) is 0 Å². The van der Waals surface area contributed by atoms with Crippen LogP contribution < -0.4 is 5.73 Å². The zero-order valence-corrected chi connectivity index (χ0v) is 12.7. The molecule has 4 rings (SSSR count). The van der Waals surface area contributed by atoms with Gasteiger partial charge in [-0.25, -0.2) is 4.98 Å². The Hall–Kier alpha value is -1.14. The van der Waals surface area contributed by atoms with Gasteiger partial charge in [0, 0.05) is 17.6 Å². The van der Waals surface area contributed by atoms with Crippen LogP contribution >= 0.6 is 15.9 Å². The molecule has 20 heavy (non-hydrogen) atoms. The van der Waals surface area contributed by atoms with Crippen LogP contribution in [0.15, 0.2) is 10.7 Å². The van der Waals surface area contributed by atoms with Gasteiger partial charge in [-0.15, -0.1) is 0 Å². The van der Waals surface area contributed by atoms with E-state index in [4.69, 9.17) is 10.7 Å². The number of aliphatic hydroxyl groups is 1. The van der Waals surface area contributed by atoms with Gasteiger partial charge in [0.05, 0.1) is 16.4 Å². The molecule has 5 nitrogen and oxygen atoms in total. The molecule has 1 atom stereocenters. The lowest BCUT2D eigenvalue weighted by Crippen LogP contribution is -2.31. The molecular weight excluding hydrogens is 320 g/mol. The van der Waals surface area contributed by atoms with Gasteiger partial charge in [0.2, 0.25) is 0 Å². The number of fused-ring (bicyclic) bond motifs is 3. The lowest BCUT2D eigenvalue weighted by molar-refractivity contribution is 0.162. The Bertz CT molecular complexity index is 690. The lowest BCUT2D eigenvalue weighted by Gasteiger charge is -2.30. The van der Waals surface area contributed by atoms with Crippen molar-refractivity contribution in [2.45, 2.75) is 37.5 Å². The van der Waals surface area contributed by atoms with Crippen LogP contribution in [0.3, 0.4) is 0 Å². The maximum Gasteiger partial charge on any atom is 0.171 e. The Labute approximate surface area is 125 Å². The molecule has 0 bridgehead atoms. The molecule has 2 aliphatic carbocycles. The molecule has 106 valence electrons. The van der Waals surface area contributed by atoms with Crippen LogP contribution in [0.25, 0.3) is 5.65 Å². The van der Waals surface area contributed by atoms with E-state index in [0.717, 1.165) is 40.6 Å². The van der Waals surface area contributed by atoms with Gasteiger partial charge in [0.15, 0.2) is 5.65 Å². The second kappa shape index (κ2) is 4.18. The Balaban J connectivity index is 2.01. The predicted octanol–water partition coefficient (Wildman–Crippen LogP) is 2.05. The van der Waals surface area contributed by atoms with Crippen LogP contribution in [-0.2, 0) is 11.8 Å². The first-order valence-corrected chi connectivity index (χ1v) is 7.89. The van der Waals surface area contributed by atoms with Crippen LogP contribution in [0.5, 0.6) is 0 Å². The van der Waals surface area contributed by atoms with E-state index in [9.17, 15) is 5.11 Å². The van der Waals surface area contributed by atoms with Crippen LogP contribution in [0.4, 0.5) is 5.82 Å². The maximum absolute atomic E-state index is 9.80. The second-order valence-electron chi connectivity index (χ2n) is 6.00. The van der Waals surface area contributed by atoms with Crippen molar-refractivity contribution >= 4 is 27.4 Å². The molecule has 1 saturated carbocycles. The van der Waals surface area contributed by atoms with Gasteiger partial charge < -0.3 is 10.8 Å². The van der Waals surface area contributed by atoms with Crippen molar-refractivity contribution in [3.05, 3.63) is 21.9 Å². The SMILES string of the molecule is Nc1c2c(nc3c(Br)cnn13)C1(CCCC1)[C@H](CO)C2. The highest BCUT2D eigenvalue weighted by Gasteiger charge is 2.50. The Morgan fingerprint density at radius 1 is 1.45 bits per heavy atom. The van der Waals surface area contributed by atoms with Gasteiger partial charge >= 0.3 is 0 Å². The highest BCUT2D eigenvalue weighted by molar-refractivity contribution is 9.10. The monoisotopic (exact) mass is 336 g/mol. The van der Waals surface area contributed by atoms with E-state index < -0.39 is 0 Å². The van der Waals surface area contributed by atoms with Gasteiger partial charge in [-0.3, -0.25) is 0 Å². The topological polar surface area (TPSA) is 76.4 Å². The standard InChI is InChI=1S/C14H17BrN4O/c15-10-6-17-19-12(16)9-5-8(7-20)14(3-1-2-4-14)11(9)18-13(10)19/h6,8,20H,1-5,7,16H2/t8-/m0/s1. The molecule has 0 amide bonds. The van der Waals surface area contributed by atoms with Crippen LogP contribution in [0.2, 0.25) is 0 Å². The number of rotatable bonds is 1. The molecule has 2 aliphatic rings. The van der Waals surface area contributed by atoms with E-state index in [1.165, 1.54) is 12.8 Å². The summed E-state index contributed by atoms with van der Waals surface area (Å²) in [6, 6.07) is 0. The molecule has 3 N–H and O–H groups in total. The zero-order chi connectivity index (χ0) is 13.9. The van der Waals surface area contributed by atoms with Crippen molar-refractivity contribution in [2.24, 2.45) is 5.92 Å². The van der Waals surface area contributed by atoms with E-state index >= 15 is 0 Å². The van der Waals surface area contributed by atoms with Crippen molar-refractivity contribution in [3.63, 3.8) is 0 Å². The summed E-state index contributed by atoms with van der Waals surface area (Å²) in [5.41, 5.74) is 9.33. The lowest BCUT2D eigenvalue weighted by atomic mass is 9.76. The number of nitrogens with zero attached hydrogens (tertiary/aromatic N) is 3. The fourth-order valence-corrected chi connectivity index (χ4v) is 4.51. The summed E-state index contributed by atoms with van der Waals surface area (Å²) >= 11 is 3.49. The number of nitrogen functional groups attached to an aromatic ring is 1. The predicted molar refractivity (Wildman–Crippen MR) is 79.5 cm³/mol. The summed E-state index contributed by atoms with van der Waals surface area (Å²) in [7, 11) is 0. The van der Waals surface area contributed by atoms with Crippen LogP contribution in [0, 0.1) is 5.92 Å². The second-order valence-corrected chi connectivity index (χ2v) is 6.85. The molecule has 2 aromatic rings. The number of anilines is 1. The summed E-state index contributed by atoms with van der Waals surface area (Å²) in [4.78, 5) is 4.87. The minimum atomic E-state index is 0.0314. The van der Waals surface area contributed by atoms with Crippen molar-refractivity contribution in [1.82, 2.24) is 14.6 Å². The summed E-state index contributed by atoms with van der Waals surface area (Å²) in [5.74, 6) is 0.929. The fraction of sp³-hybridized carbons (Fsp3) is 0.571. The quantitative estimate of drug-likeness (QED) is 0.835. The Kier molecular flexibility index (Phi) is 2.63. The molecule has 0 aliphatic heterocycles. The van der Waals surface area contributed by atoms with Crippen LogP contribution in [0.1, 0.15) is 36.9 Å². The molecular formula is C14H17BrN4O. The van der Waals surface area contributed by atoms with E-state index in [1.807, 2.05) is 0 Å². The maximum atomic E-state index is 9.80. The normalized spacial score (nSPS) is 23.8. The number of aliphatic hydroxyl groups excluding tert-OH is 1. The van der Waals surface area contributed by atoms with E-state index in [-0.39, 0.29) is 17.9 Å². The number of halogens is 1. The third kappa shape index (κ3) is 1.41. The molecule has 6 heteroatoms. The highest BCUT2D eigenvalue weighted by Crippen LogP contribution is 2.53. The highest BCUT2D eigenvalue weighted by atomic mass is 79.9. The molecule has 1 fully saturated rings. The van der Waals surface area contributed by atoms with E-state index in [2.05, 4.69) is 21.0 Å². The zero-order valence-electron chi connectivity index (χ0n) is 11.1. The summed E-state index contributed by atoms with van der Waals surface area (Å²) in [6.07, 6.45) is 7.20. The first-order chi connectivity index (χ1) is 9.67. The van der Waals surface area contributed by atoms with Crippen molar-refractivity contribution < 1.29 is 5.11 Å². The van der Waals surface area contributed by atoms with Crippen molar-refractivity contribution in [2.75, 3.05) is 12.3 Å². The third-order valence-electron chi connectivity index (χ3n) is 5.16. The summed E-state index contributed by atoms with van der Waals surface area (Å²) in [6.45, 7) is 0.208. The fourth-order valence-electron chi connectivity index (χ4n) is 4.16. The number of nitrogens with two attached hydrogens (primary N) is 1. The number of aromatic nitrogens is 3. The molecule has 0 unspecified atom stereocenters. The first kappa shape index (κ1) is 12.6. The number of hydrogen-bond acceptors (Lipinski definition) is 4.